The Morgan fingerprint density at radius 1 is 0.488 bits per heavy atom. The minimum Gasteiger partial charge on any atom is -0.461 e. The molecule has 2 N–H and O–H groups in total. The van der Waals surface area contributed by atoms with Crippen molar-refractivity contribution in [2.45, 2.75) is 34.6 Å². The lowest BCUT2D eigenvalue weighted by atomic mass is 9.65. The SMILES string of the molecule is C=C(C)C(=O)OCC(COC(=O)C(=C)C)(COC(=O)C(=C)C)C(COC(=O)C(=C)C)(COC(=O)C(=C)C)COP(=O)(O)O. The van der Waals surface area contributed by atoms with Crippen LogP contribution in [0.15, 0.2) is 60.8 Å². The first-order chi connectivity index (χ1) is 19.6. The van der Waals surface area contributed by atoms with Gasteiger partial charge in [-0.25, -0.2) is 28.5 Å². The minimum atomic E-state index is -5.31. The minimum absolute atomic E-state index is 0.0775. The lowest BCUT2D eigenvalue weighted by Crippen LogP contribution is -2.59. The zero-order valence-corrected chi connectivity index (χ0v) is 25.9. The molecule has 0 bridgehead atoms. The zero-order valence-electron chi connectivity index (χ0n) is 25.0. The van der Waals surface area contributed by atoms with Crippen molar-refractivity contribution in [1.82, 2.24) is 0 Å². The fraction of sp³-hybridized carbons (Fsp3) is 0.464. The van der Waals surface area contributed by atoms with E-state index < -0.39 is 88.1 Å². The number of esters is 5. The second kappa shape index (κ2) is 16.7. The van der Waals surface area contributed by atoms with E-state index in [1.165, 1.54) is 34.6 Å². The van der Waals surface area contributed by atoms with Gasteiger partial charge in [0.15, 0.2) is 0 Å². The van der Waals surface area contributed by atoms with Gasteiger partial charge in [-0.15, -0.1) is 0 Å². The normalized spacial score (nSPS) is 11.4. The Hall–Kier alpha value is -3.84. The highest BCUT2D eigenvalue weighted by Crippen LogP contribution is 2.47. The smallest absolute Gasteiger partial charge is 0.461 e. The summed E-state index contributed by atoms with van der Waals surface area (Å²) in [6.07, 6.45) is 0. The van der Waals surface area contributed by atoms with Crippen molar-refractivity contribution in [2.24, 2.45) is 10.8 Å². The molecule has 0 aromatic heterocycles. The van der Waals surface area contributed by atoms with Gasteiger partial charge in [0.25, 0.3) is 0 Å². The van der Waals surface area contributed by atoms with E-state index in [9.17, 15) is 38.3 Å². The van der Waals surface area contributed by atoms with Crippen LogP contribution < -0.4 is 0 Å². The van der Waals surface area contributed by atoms with Crippen molar-refractivity contribution in [3.8, 4) is 0 Å². The average Bonchev–Trinajstić information content (AvgIpc) is 2.90. The van der Waals surface area contributed by atoms with Gasteiger partial charge in [-0.2, -0.15) is 0 Å². The van der Waals surface area contributed by atoms with Crippen LogP contribution in [-0.4, -0.2) is 79.3 Å². The summed E-state index contributed by atoms with van der Waals surface area (Å²) in [6.45, 7) is 18.6. The highest BCUT2D eigenvalue weighted by atomic mass is 31.2. The molecule has 0 aromatic carbocycles. The van der Waals surface area contributed by atoms with E-state index in [0.29, 0.717) is 0 Å². The summed E-state index contributed by atoms with van der Waals surface area (Å²) in [5.41, 5.74) is -4.70. The number of carbonyl (C=O) groups is 5. The Morgan fingerprint density at radius 2 is 0.674 bits per heavy atom. The Balaban J connectivity index is 7.62. The Kier molecular flexibility index (Phi) is 15.2. The molecule has 14 nitrogen and oxygen atoms in total. The van der Waals surface area contributed by atoms with E-state index in [2.05, 4.69) is 32.9 Å². The van der Waals surface area contributed by atoms with Crippen molar-refractivity contribution < 1.29 is 66.5 Å². The molecule has 240 valence electrons. The van der Waals surface area contributed by atoms with Gasteiger partial charge in [0.2, 0.25) is 0 Å². The molecule has 0 aliphatic heterocycles. The molecular formula is C28H39O14P. The highest BCUT2D eigenvalue weighted by molar-refractivity contribution is 7.46. The third-order valence-corrected chi connectivity index (χ3v) is 6.24. The van der Waals surface area contributed by atoms with Crippen LogP contribution in [0, 0.1) is 10.8 Å². The van der Waals surface area contributed by atoms with E-state index in [1.807, 2.05) is 0 Å². The van der Waals surface area contributed by atoms with Gasteiger partial charge in [-0.1, -0.05) is 32.9 Å². The zero-order chi connectivity index (χ0) is 33.8. The number of hydrogen-bond donors (Lipinski definition) is 2. The maximum atomic E-state index is 12.5. The second-order valence-electron chi connectivity index (χ2n) is 10.1. The molecule has 0 aromatic rings. The molecule has 0 fully saturated rings. The summed E-state index contributed by atoms with van der Waals surface area (Å²) in [7, 11) is -5.31. The molecule has 0 heterocycles. The predicted molar refractivity (Wildman–Crippen MR) is 152 cm³/mol. The van der Waals surface area contributed by atoms with Crippen molar-refractivity contribution in [1.29, 1.82) is 0 Å². The maximum Gasteiger partial charge on any atom is 0.469 e. The van der Waals surface area contributed by atoms with Crippen LogP contribution in [0.25, 0.3) is 0 Å². The number of phosphoric ester groups is 1. The van der Waals surface area contributed by atoms with Crippen LogP contribution in [0.4, 0.5) is 0 Å². The molecule has 0 aliphatic carbocycles. The van der Waals surface area contributed by atoms with Crippen molar-refractivity contribution in [3.05, 3.63) is 60.8 Å². The third-order valence-electron chi connectivity index (χ3n) is 5.77. The van der Waals surface area contributed by atoms with Gasteiger partial charge >= 0.3 is 37.7 Å². The summed E-state index contributed by atoms with van der Waals surface area (Å²) < 4.78 is 43.5. The molecule has 0 saturated heterocycles. The summed E-state index contributed by atoms with van der Waals surface area (Å²) in [4.78, 5) is 81.8. The number of rotatable bonds is 19. The number of carbonyl (C=O) groups excluding carboxylic acids is 5. The largest absolute Gasteiger partial charge is 0.469 e. The lowest BCUT2D eigenvalue weighted by Gasteiger charge is -2.47. The third kappa shape index (κ3) is 12.9. The summed E-state index contributed by atoms with van der Waals surface area (Å²) in [5, 5.41) is 0. The molecule has 0 rings (SSSR count). The summed E-state index contributed by atoms with van der Waals surface area (Å²) in [5.74, 6) is -4.88. The highest BCUT2D eigenvalue weighted by Gasteiger charge is 2.57. The molecule has 0 saturated carbocycles. The van der Waals surface area contributed by atoms with Crippen LogP contribution >= 0.6 is 7.82 Å². The number of ether oxygens (including phenoxy) is 5. The monoisotopic (exact) mass is 630 g/mol. The first-order valence-corrected chi connectivity index (χ1v) is 14.0. The molecular weight excluding hydrogens is 591 g/mol. The Labute approximate surface area is 250 Å². The summed E-state index contributed by atoms with van der Waals surface area (Å²) >= 11 is 0. The van der Waals surface area contributed by atoms with Crippen LogP contribution in [0.2, 0.25) is 0 Å². The average molecular weight is 631 g/mol. The van der Waals surface area contributed by atoms with Crippen LogP contribution in [0.5, 0.6) is 0 Å². The fourth-order valence-electron chi connectivity index (χ4n) is 3.01. The standard InChI is InChI=1S/C28H39O14P/c1-17(2)22(29)37-11-27(12-38-23(30)18(3)4,13-39-24(31)19(5)6)28(16-42-43(34,35)36,14-40-25(32)20(7)8)15-41-26(33)21(9)10/h1,3,5,7,9,11-16H2,2,4,6,8,10H3,(H2,34,35,36). The van der Waals surface area contributed by atoms with Crippen molar-refractivity contribution in [2.75, 3.05) is 39.6 Å². The Morgan fingerprint density at radius 3 is 0.837 bits per heavy atom. The maximum absolute atomic E-state index is 12.5. The first kappa shape index (κ1) is 39.2. The quantitative estimate of drug-likeness (QED) is 0.0914. The van der Waals surface area contributed by atoms with E-state index in [4.69, 9.17) is 28.2 Å². The van der Waals surface area contributed by atoms with Crippen molar-refractivity contribution >= 4 is 37.7 Å². The number of hydrogen-bond acceptors (Lipinski definition) is 12. The first-order valence-electron chi connectivity index (χ1n) is 12.4. The van der Waals surface area contributed by atoms with Crippen LogP contribution in [0.3, 0.4) is 0 Å². The number of phosphoric acid groups is 1. The molecule has 0 atom stereocenters. The predicted octanol–water partition coefficient (Wildman–Crippen LogP) is 2.67. The van der Waals surface area contributed by atoms with E-state index in [1.54, 1.807) is 0 Å². The van der Waals surface area contributed by atoms with Crippen molar-refractivity contribution in [3.63, 3.8) is 0 Å². The van der Waals surface area contributed by atoms with Crippen LogP contribution in [0.1, 0.15) is 34.6 Å². The van der Waals surface area contributed by atoms with E-state index >= 15 is 0 Å². The topological polar surface area (TPSA) is 198 Å². The van der Waals surface area contributed by atoms with Crippen LogP contribution in [-0.2, 0) is 56.7 Å². The Bertz CT molecular complexity index is 1120. The van der Waals surface area contributed by atoms with Gasteiger partial charge < -0.3 is 33.5 Å². The lowest BCUT2D eigenvalue weighted by molar-refractivity contribution is -0.200. The molecule has 0 amide bonds. The van der Waals surface area contributed by atoms with Gasteiger partial charge in [0.05, 0.1) is 17.4 Å². The van der Waals surface area contributed by atoms with Gasteiger partial charge in [-0.3, -0.25) is 4.52 Å². The van der Waals surface area contributed by atoms with Gasteiger partial charge in [0.1, 0.15) is 33.0 Å². The fourth-order valence-corrected chi connectivity index (χ4v) is 3.43. The van der Waals surface area contributed by atoms with Gasteiger partial charge in [0, 0.05) is 27.9 Å². The molecule has 0 spiro atoms. The van der Waals surface area contributed by atoms with E-state index in [0.717, 1.165) is 0 Å². The molecule has 0 aliphatic rings. The molecule has 0 radical (unpaired) electrons. The van der Waals surface area contributed by atoms with E-state index in [-0.39, 0.29) is 27.9 Å². The van der Waals surface area contributed by atoms with Gasteiger partial charge in [-0.05, 0) is 34.6 Å². The second-order valence-corrected chi connectivity index (χ2v) is 11.3. The molecule has 0 unspecified atom stereocenters. The molecule has 15 heteroatoms. The molecule has 43 heavy (non-hydrogen) atoms. The summed E-state index contributed by atoms with van der Waals surface area (Å²) in [6, 6.07) is 0.